The smallest absolute Gasteiger partial charge is 0.365 e. The SMILES string of the molecule is C[C@H]1[C@@H](OC(=O)c2ccccc2)[C@H](C(=O)NNc2nnc(N(C)C)[nH]c2=O)O[C@@H]1COC(=O)c1ccccc1.Cc1nnc(NN)c(=O)[nH]1.O=C(OC[C@H]1OC(C(=O)ON2C(=O)CCC2=O)[C@H](OC(=O)c2ccccc2)[C@@H]1OC(=O)c1ccccc1)c1ccccc1. The lowest BCUT2D eigenvalue weighted by Gasteiger charge is -2.24. The lowest BCUT2D eigenvalue weighted by molar-refractivity contribution is -0.207. The van der Waals surface area contributed by atoms with Crippen molar-refractivity contribution in [3.05, 3.63) is 206 Å². The lowest BCUT2D eigenvalue weighted by Crippen LogP contribution is -2.46. The van der Waals surface area contributed by atoms with Crippen LogP contribution in [-0.4, -0.2) is 159 Å². The van der Waals surface area contributed by atoms with Crippen LogP contribution in [0.2, 0.25) is 0 Å². The zero-order chi connectivity index (χ0) is 65.8. The number of carbonyl (C=O) groups excluding carboxylic acids is 9. The molecule has 0 radical (unpaired) electrons. The molecular weight excluding hydrogens is 1200 g/mol. The summed E-state index contributed by atoms with van der Waals surface area (Å²) in [4.78, 5) is 149. The van der Waals surface area contributed by atoms with E-state index in [1.165, 1.54) is 36.4 Å². The Labute approximate surface area is 521 Å². The second-order valence-electron chi connectivity index (χ2n) is 20.2. The third-order valence-corrected chi connectivity index (χ3v) is 13.6. The number of carbonyl (C=O) groups is 9. The number of ether oxygens (including phenoxy) is 7. The summed E-state index contributed by atoms with van der Waals surface area (Å²) in [6.07, 6.45) is -9.58. The Bertz CT molecular complexity index is 3850. The van der Waals surface area contributed by atoms with Gasteiger partial charge in [-0.3, -0.25) is 39.8 Å². The third-order valence-electron chi connectivity index (χ3n) is 13.6. The van der Waals surface area contributed by atoms with Crippen LogP contribution in [0, 0.1) is 12.8 Å². The second kappa shape index (κ2) is 31.6. The molecule has 0 spiro atoms. The van der Waals surface area contributed by atoms with Crippen LogP contribution in [0.3, 0.4) is 0 Å². The van der Waals surface area contributed by atoms with Crippen molar-refractivity contribution in [1.29, 1.82) is 0 Å². The van der Waals surface area contributed by atoms with Gasteiger partial charge in [0.05, 0.1) is 33.9 Å². The highest BCUT2D eigenvalue weighted by molar-refractivity contribution is 6.02. The first kappa shape index (κ1) is 66.4. The van der Waals surface area contributed by atoms with E-state index in [1.807, 2.05) is 0 Å². The maximum Gasteiger partial charge on any atom is 0.365 e. The van der Waals surface area contributed by atoms with Crippen LogP contribution in [-0.2, 0) is 57.2 Å². The first-order chi connectivity index (χ1) is 44.3. The van der Waals surface area contributed by atoms with Crippen molar-refractivity contribution in [2.45, 2.75) is 69.4 Å². The number of hydrazine groups is 2. The van der Waals surface area contributed by atoms with E-state index in [-0.39, 0.29) is 59.3 Å². The molecule has 0 bridgehead atoms. The molecule has 2 aromatic heterocycles. The number of imide groups is 1. The van der Waals surface area contributed by atoms with Crippen LogP contribution in [0.5, 0.6) is 0 Å². The maximum atomic E-state index is 13.3. The largest absolute Gasteiger partial charge is 0.459 e. The molecule has 478 valence electrons. The van der Waals surface area contributed by atoms with Gasteiger partial charge in [-0.25, -0.2) is 34.6 Å². The Balaban J connectivity index is 0.000000206. The van der Waals surface area contributed by atoms with Gasteiger partial charge in [0, 0.05) is 32.9 Å². The molecule has 5 heterocycles. The second-order valence-corrected chi connectivity index (χ2v) is 20.2. The van der Waals surface area contributed by atoms with Gasteiger partial charge in [-0.2, -0.15) is 0 Å². The van der Waals surface area contributed by atoms with Gasteiger partial charge in [0.15, 0.2) is 24.4 Å². The van der Waals surface area contributed by atoms with Crippen molar-refractivity contribution < 1.29 is 81.1 Å². The molecule has 0 saturated carbocycles. The van der Waals surface area contributed by atoms with Crippen LogP contribution in [0.1, 0.15) is 77.4 Å². The topological polar surface area (TPSA) is 413 Å². The summed E-state index contributed by atoms with van der Waals surface area (Å²) in [7, 11) is 3.36. The number of aryl methyl sites for hydroxylation is 1. The molecule has 31 nitrogen and oxygen atoms in total. The van der Waals surface area contributed by atoms with Crippen LogP contribution in [0.15, 0.2) is 161 Å². The number of benzene rings is 5. The number of nitrogen functional groups attached to an aromatic ring is 1. The number of amides is 3. The number of anilines is 3. The molecule has 1 unspecified atom stereocenters. The number of esters is 5. The van der Waals surface area contributed by atoms with E-state index < -0.39 is 114 Å². The summed E-state index contributed by atoms with van der Waals surface area (Å²) in [6, 6.07) is 40.5. The summed E-state index contributed by atoms with van der Waals surface area (Å²) < 4.78 is 39.6. The minimum absolute atomic E-state index is 0.0191. The number of hydroxylamine groups is 2. The minimum Gasteiger partial charge on any atom is -0.459 e. The standard InChI is InChI=1S/C31H25NO11.C26H28N6O7.C4H7N5O/c33-23-16-17-24(34)32(23)43-31(38)27-26(42-30(37)21-14-8-3-9-15-21)25(41-29(36)20-12-6-2-7-13-20)22(40-27)18-39-28(35)19-10-4-1-5-11-19;1-15-18(14-37-24(35)16-10-6-4-7-11-16)38-20(19(15)39-25(36)17-12-8-5-9-13-17)22(33)30-28-21-23(34)27-26(31-29-21)32(2)3;1-2-6-4(10)3(7-5)9-8-2/h1-15,22,25-27H,16-18H2;4-13,15,18-20H,14H2,1-3H3,(H,28,29)(H,30,33)(H,27,31,34);5H2,1H3,(H,7,9)(H,6,8,10)/t22-,25-,26-,27?;15-,18-,19-,20-;/m11./s1. The van der Waals surface area contributed by atoms with Gasteiger partial charge in [0.1, 0.15) is 31.2 Å². The van der Waals surface area contributed by atoms with Crippen LogP contribution in [0.25, 0.3) is 0 Å². The Hall–Kier alpha value is -11.6. The fraction of sp³-hybridized carbons (Fsp3) is 0.262. The number of nitrogens with one attached hydrogen (secondary N) is 5. The molecule has 3 aliphatic heterocycles. The van der Waals surface area contributed by atoms with Gasteiger partial charge in [-0.1, -0.05) is 97.9 Å². The first-order valence-electron chi connectivity index (χ1n) is 28.0. The van der Waals surface area contributed by atoms with E-state index in [2.05, 4.69) is 46.6 Å². The lowest BCUT2D eigenvalue weighted by atomic mass is 9.98. The highest BCUT2D eigenvalue weighted by Gasteiger charge is 2.55. The average molecular weight is 1270 g/mol. The molecule has 8 atom stereocenters. The highest BCUT2D eigenvalue weighted by Crippen LogP contribution is 2.33. The van der Waals surface area contributed by atoms with E-state index >= 15 is 0 Å². The van der Waals surface area contributed by atoms with Gasteiger partial charge in [-0.05, 0) is 67.6 Å². The molecule has 3 amide bonds. The number of hydrogen-bond acceptors (Lipinski definition) is 27. The number of nitrogens with zero attached hydrogens (tertiary/aromatic N) is 6. The maximum absolute atomic E-state index is 13.3. The fourth-order valence-electron chi connectivity index (χ4n) is 8.82. The Kier molecular flexibility index (Phi) is 22.8. The van der Waals surface area contributed by atoms with Gasteiger partial charge in [0.2, 0.25) is 17.6 Å². The van der Waals surface area contributed by atoms with E-state index in [9.17, 15) is 52.7 Å². The molecule has 92 heavy (non-hydrogen) atoms. The number of aromatic amines is 2. The van der Waals surface area contributed by atoms with Crippen molar-refractivity contribution in [2.24, 2.45) is 11.8 Å². The third kappa shape index (κ3) is 17.4. The molecule has 7 N–H and O–H groups in total. The summed E-state index contributed by atoms with van der Waals surface area (Å²) in [6.45, 7) is 2.66. The molecule has 3 aliphatic rings. The molecule has 10 rings (SSSR count). The molecule has 0 aliphatic carbocycles. The van der Waals surface area contributed by atoms with Gasteiger partial charge >= 0.3 is 35.8 Å². The van der Waals surface area contributed by atoms with Crippen LogP contribution < -0.4 is 38.1 Å². The highest BCUT2D eigenvalue weighted by atomic mass is 16.7. The van der Waals surface area contributed by atoms with Crippen molar-refractivity contribution in [3.8, 4) is 0 Å². The van der Waals surface area contributed by atoms with E-state index in [1.54, 1.807) is 148 Å². The average Bonchev–Trinajstić information content (AvgIpc) is 1.65. The van der Waals surface area contributed by atoms with E-state index in [4.69, 9.17) is 43.8 Å². The molecule has 7 aromatic rings. The zero-order valence-corrected chi connectivity index (χ0v) is 49.4. The van der Waals surface area contributed by atoms with Gasteiger partial charge < -0.3 is 53.3 Å². The van der Waals surface area contributed by atoms with Crippen LogP contribution in [0.4, 0.5) is 17.6 Å². The van der Waals surface area contributed by atoms with Gasteiger partial charge in [0.25, 0.3) is 28.8 Å². The minimum atomic E-state index is -1.78. The predicted molar refractivity (Wildman–Crippen MR) is 318 cm³/mol. The molecule has 31 heteroatoms. The van der Waals surface area contributed by atoms with E-state index in [0.29, 0.717) is 22.0 Å². The number of hydrogen-bond donors (Lipinski definition) is 6. The number of rotatable bonds is 19. The summed E-state index contributed by atoms with van der Waals surface area (Å²) in [5.41, 5.74) is 7.05. The monoisotopic (exact) mass is 1260 g/mol. The number of nitrogens with two attached hydrogens (primary N) is 1. The van der Waals surface area contributed by atoms with Crippen LogP contribution >= 0.6 is 0 Å². The van der Waals surface area contributed by atoms with Crippen molar-refractivity contribution in [3.63, 3.8) is 0 Å². The Morgan fingerprint density at radius 1 is 0.543 bits per heavy atom. The first-order valence-corrected chi connectivity index (χ1v) is 28.0. The van der Waals surface area contributed by atoms with Gasteiger partial charge in [-0.15, -0.1) is 25.5 Å². The normalized spacial score (nSPS) is 19.5. The fourth-order valence-corrected chi connectivity index (χ4v) is 8.82. The molecule has 3 saturated heterocycles. The predicted octanol–water partition coefficient (Wildman–Crippen LogP) is 2.59. The summed E-state index contributed by atoms with van der Waals surface area (Å²) >= 11 is 0. The van der Waals surface area contributed by atoms with Crippen molar-refractivity contribution in [1.82, 2.24) is 40.9 Å². The Morgan fingerprint density at radius 2 is 0.957 bits per heavy atom. The molecule has 5 aromatic carbocycles. The summed E-state index contributed by atoms with van der Waals surface area (Å²) in [5, 5.41) is 15.0. The molecule has 3 fully saturated rings. The molecular formula is C61H60N12O19. The van der Waals surface area contributed by atoms with E-state index in [0.717, 1.165) is 0 Å². The summed E-state index contributed by atoms with van der Waals surface area (Å²) in [5.74, 6) is -2.28. The Morgan fingerprint density at radius 3 is 1.40 bits per heavy atom. The quantitative estimate of drug-likeness (QED) is 0.0223. The van der Waals surface area contributed by atoms with Crippen molar-refractivity contribution >= 4 is 71.1 Å². The zero-order valence-electron chi connectivity index (χ0n) is 49.4. The number of aromatic nitrogens is 6. The number of H-pyrrole nitrogens is 2. The van der Waals surface area contributed by atoms with Crippen molar-refractivity contribution in [2.75, 3.05) is 43.1 Å².